The average molecular weight is 282 g/mol. The van der Waals surface area contributed by atoms with Gasteiger partial charge in [-0.1, -0.05) is 12.1 Å². The molecule has 0 saturated heterocycles. The van der Waals surface area contributed by atoms with Crippen molar-refractivity contribution in [1.82, 2.24) is 15.0 Å². The highest BCUT2D eigenvalue weighted by Gasteiger charge is 2.23. The predicted molar refractivity (Wildman–Crippen MR) is 80.7 cm³/mol. The molecule has 106 valence electrons. The maximum absolute atomic E-state index is 13.4. The summed E-state index contributed by atoms with van der Waals surface area (Å²) in [5.41, 5.74) is 2.50. The van der Waals surface area contributed by atoms with Crippen LogP contribution in [0.15, 0.2) is 30.3 Å². The van der Waals surface area contributed by atoms with Gasteiger partial charge in [-0.25, -0.2) is 14.4 Å². The number of hydrogen-bond donors (Lipinski definition) is 2. The van der Waals surface area contributed by atoms with Crippen LogP contribution in [0.25, 0.3) is 22.4 Å². The molecule has 0 unspecified atom stereocenters. The van der Waals surface area contributed by atoms with Gasteiger partial charge in [0.25, 0.3) is 0 Å². The maximum atomic E-state index is 13.4. The molecule has 0 radical (unpaired) electrons. The van der Waals surface area contributed by atoms with Crippen LogP contribution < -0.4 is 5.32 Å². The average Bonchev–Trinajstić information content (AvgIpc) is 3.18. The van der Waals surface area contributed by atoms with E-state index in [0.29, 0.717) is 17.4 Å². The van der Waals surface area contributed by atoms with Gasteiger partial charge in [0.1, 0.15) is 17.3 Å². The van der Waals surface area contributed by atoms with E-state index in [9.17, 15) is 4.39 Å². The molecular formula is C16H15FN4. The lowest BCUT2D eigenvalue weighted by Crippen LogP contribution is -2.05. The van der Waals surface area contributed by atoms with Crippen molar-refractivity contribution >= 4 is 16.9 Å². The Morgan fingerprint density at radius 3 is 2.86 bits per heavy atom. The van der Waals surface area contributed by atoms with Crippen LogP contribution in [0.4, 0.5) is 10.2 Å². The number of aryl methyl sites for hydroxylation is 1. The van der Waals surface area contributed by atoms with Crippen molar-refractivity contribution in [3.05, 3.63) is 41.8 Å². The first-order chi connectivity index (χ1) is 10.2. The Morgan fingerprint density at radius 2 is 2.10 bits per heavy atom. The Morgan fingerprint density at radius 1 is 1.24 bits per heavy atom. The lowest BCUT2D eigenvalue weighted by atomic mass is 10.2. The summed E-state index contributed by atoms with van der Waals surface area (Å²) >= 11 is 0. The normalized spacial score (nSPS) is 14.6. The highest BCUT2D eigenvalue weighted by molar-refractivity contribution is 5.89. The van der Waals surface area contributed by atoms with Crippen molar-refractivity contribution < 1.29 is 4.39 Å². The Balaban J connectivity index is 1.88. The third-order valence-corrected chi connectivity index (χ3v) is 3.62. The molecule has 0 aliphatic heterocycles. The predicted octanol–water partition coefficient (Wildman–Crippen LogP) is 3.65. The largest absolute Gasteiger partial charge is 0.367 e. The lowest BCUT2D eigenvalue weighted by Gasteiger charge is -2.08. The molecule has 4 nitrogen and oxygen atoms in total. The summed E-state index contributed by atoms with van der Waals surface area (Å²) in [6, 6.07) is 8.91. The molecule has 1 aliphatic carbocycles. The number of nitrogens with one attached hydrogen (secondary N) is 2. The van der Waals surface area contributed by atoms with E-state index >= 15 is 0 Å². The van der Waals surface area contributed by atoms with E-state index in [-0.39, 0.29) is 5.82 Å². The number of H-pyrrole nitrogens is 1. The van der Waals surface area contributed by atoms with Gasteiger partial charge in [0.2, 0.25) is 0 Å². The summed E-state index contributed by atoms with van der Waals surface area (Å²) in [7, 11) is 0. The van der Waals surface area contributed by atoms with Gasteiger partial charge in [-0.15, -0.1) is 0 Å². The minimum absolute atomic E-state index is 0.282. The second-order valence-electron chi connectivity index (χ2n) is 5.54. The zero-order valence-corrected chi connectivity index (χ0v) is 11.7. The van der Waals surface area contributed by atoms with Gasteiger partial charge in [-0.05, 0) is 38.0 Å². The number of fused-ring (bicyclic) bond motifs is 1. The van der Waals surface area contributed by atoms with E-state index in [1.165, 1.54) is 25.0 Å². The zero-order chi connectivity index (χ0) is 14.4. The fourth-order valence-electron chi connectivity index (χ4n) is 2.43. The summed E-state index contributed by atoms with van der Waals surface area (Å²) in [5.74, 6) is 1.08. The molecule has 21 heavy (non-hydrogen) atoms. The van der Waals surface area contributed by atoms with Crippen LogP contribution in [0.1, 0.15) is 18.5 Å². The summed E-state index contributed by atoms with van der Waals surface area (Å²) in [4.78, 5) is 12.4. The van der Waals surface area contributed by atoms with E-state index in [0.717, 1.165) is 22.5 Å². The van der Waals surface area contributed by atoms with Gasteiger partial charge in [0.15, 0.2) is 5.82 Å². The van der Waals surface area contributed by atoms with E-state index < -0.39 is 0 Å². The van der Waals surface area contributed by atoms with Crippen LogP contribution in [-0.2, 0) is 0 Å². The van der Waals surface area contributed by atoms with E-state index in [1.54, 1.807) is 6.07 Å². The standard InChI is InChI=1S/C16H15FN4/c1-9-7-13-15(18-9)20-14(10-3-2-4-11(17)8-10)21-16(13)19-12-5-6-12/h2-4,7-8,12H,5-6H2,1H3,(H2,18,19,20,21). The number of benzene rings is 1. The van der Waals surface area contributed by atoms with Crippen LogP contribution in [-0.4, -0.2) is 21.0 Å². The third-order valence-electron chi connectivity index (χ3n) is 3.62. The van der Waals surface area contributed by atoms with Crippen molar-refractivity contribution in [3.8, 4) is 11.4 Å². The molecule has 4 rings (SSSR count). The smallest absolute Gasteiger partial charge is 0.164 e. The molecule has 0 amide bonds. The molecule has 5 heteroatoms. The number of aromatic nitrogens is 3. The van der Waals surface area contributed by atoms with Gasteiger partial charge in [0.05, 0.1) is 5.39 Å². The number of halogens is 1. The van der Waals surface area contributed by atoms with Crippen molar-refractivity contribution in [2.45, 2.75) is 25.8 Å². The molecule has 1 aliphatic rings. The van der Waals surface area contributed by atoms with Gasteiger partial charge < -0.3 is 10.3 Å². The summed E-state index contributed by atoms with van der Waals surface area (Å²) < 4.78 is 13.4. The van der Waals surface area contributed by atoms with Gasteiger partial charge in [-0.2, -0.15) is 0 Å². The maximum Gasteiger partial charge on any atom is 0.164 e. The van der Waals surface area contributed by atoms with Crippen molar-refractivity contribution in [3.63, 3.8) is 0 Å². The van der Waals surface area contributed by atoms with E-state index in [4.69, 9.17) is 0 Å². The summed E-state index contributed by atoms with van der Waals surface area (Å²) in [6.07, 6.45) is 2.34. The van der Waals surface area contributed by atoms with Crippen LogP contribution in [0.3, 0.4) is 0 Å². The fraction of sp³-hybridized carbons (Fsp3) is 0.250. The second-order valence-corrected chi connectivity index (χ2v) is 5.54. The van der Waals surface area contributed by atoms with Crippen LogP contribution in [0.2, 0.25) is 0 Å². The monoisotopic (exact) mass is 282 g/mol. The van der Waals surface area contributed by atoms with E-state index in [2.05, 4.69) is 20.3 Å². The molecule has 1 saturated carbocycles. The third kappa shape index (κ3) is 2.35. The Kier molecular flexibility index (Phi) is 2.67. The zero-order valence-electron chi connectivity index (χ0n) is 11.7. The summed E-state index contributed by atoms with van der Waals surface area (Å²) in [5, 5.41) is 4.42. The molecule has 2 aromatic heterocycles. The minimum atomic E-state index is -0.282. The number of anilines is 1. The number of rotatable bonds is 3. The Hall–Kier alpha value is -2.43. The number of hydrogen-bond acceptors (Lipinski definition) is 3. The van der Waals surface area contributed by atoms with Crippen molar-refractivity contribution in [2.75, 3.05) is 5.32 Å². The number of aromatic amines is 1. The van der Waals surface area contributed by atoms with Crippen LogP contribution in [0, 0.1) is 12.7 Å². The number of nitrogens with zero attached hydrogens (tertiary/aromatic N) is 2. The first-order valence-corrected chi connectivity index (χ1v) is 7.09. The molecule has 0 bridgehead atoms. The SMILES string of the molecule is Cc1cc2c(NC3CC3)nc(-c3cccc(F)c3)nc2[nH]1. The molecule has 0 spiro atoms. The molecule has 2 heterocycles. The fourth-order valence-corrected chi connectivity index (χ4v) is 2.43. The highest BCUT2D eigenvalue weighted by atomic mass is 19.1. The summed E-state index contributed by atoms with van der Waals surface area (Å²) in [6.45, 7) is 1.99. The van der Waals surface area contributed by atoms with Gasteiger partial charge in [-0.3, -0.25) is 0 Å². The minimum Gasteiger partial charge on any atom is -0.367 e. The van der Waals surface area contributed by atoms with Crippen LogP contribution in [0.5, 0.6) is 0 Å². The molecule has 3 aromatic rings. The molecule has 2 N–H and O–H groups in total. The molecule has 1 fully saturated rings. The Bertz CT molecular complexity index is 820. The first kappa shape index (κ1) is 12.3. The highest BCUT2D eigenvalue weighted by Crippen LogP contribution is 2.30. The molecular weight excluding hydrogens is 267 g/mol. The quantitative estimate of drug-likeness (QED) is 0.771. The topological polar surface area (TPSA) is 53.6 Å². The second kappa shape index (κ2) is 4.55. The van der Waals surface area contributed by atoms with Crippen molar-refractivity contribution in [2.24, 2.45) is 0 Å². The van der Waals surface area contributed by atoms with Gasteiger partial charge in [0, 0.05) is 17.3 Å². The molecule has 1 aromatic carbocycles. The molecule has 0 atom stereocenters. The Labute approximate surface area is 121 Å². The van der Waals surface area contributed by atoms with Crippen LogP contribution >= 0.6 is 0 Å². The van der Waals surface area contributed by atoms with Gasteiger partial charge >= 0.3 is 0 Å². The lowest BCUT2D eigenvalue weighted by molar-refractivity contribution is 0.628. The van der Waals surface area contributed by atoms with E-state index in [1.807, 2.05) is 19.1 Å². The van der Waals surface area contributed by atoms with Crippen molar-refractivity contribution in [1.29, 1.82) is 0 Å². The first-order valence-electron chi connectivity index (χ1n) is 7.09.